The third-order valence-corrected chi connectivity index (χ3v) is 5.06. The molecule has 2 aromatic rings. The highest BCUT2D eigenvalue weighted by Gasteiger charge is 2.22. The first-order valence-electron chi connectivity index (χ1n) is 9.29. The molecule has 1 atom stereocenters. The first-order valence-corrected chi connectivity index (χ1v) is 9.29. The molecule has 132 valence electrons. The van der Waals surface area contributed by atoms with Gasteiger partial charge in [0.05, 0.1) is 0 Å². The minimum atomic E-state index is -0.203. The molecule has 0 aromatic heterocycles. The number of hydrogen-bond acceptors (Lipinski definition) is 1. The molecule has 1 fully saturated rings. The van der Waals surface area contributed by atoms with E-state index >= 15 is 0 Å². The summed E-state index contributed by atoms with van der Waals surface area (Å²) in [6.45, 7) is 1.61. The second kappa shape index (κ2) is 8.80. The van der Waals surface area contributed by atoms with Crippen LogP contribution >= 0.6 is 0 Å². The Morgan fingerprint density at radius 2 is 1.80 bits per heavy atom. The van der Waals surface area contributed by atoms with Crippen LogP contribution in [0.15, 0.2) is 54.6 Å². The smallest absolute Gasteiger partial charge is 0.222 e. The van der Waals surface area contributed by atoms with Gasteiger partial charge in [-0.15, -0.1) is 0 Å². The molecule has 1 aliphatic rings. The number of amides is 1. The summed E-state index contributed by atoms with van der Waals surface area (Å²) in [5.74, 6) is 0.373. The van der Waals surface area contributed by atoms with Gasteiger partial charge in [0.25, 0.3) is 0 Å². The van der Waals surface area contributed by atoms with Crippen LogP contribution in [0.4, 0.5) is 4.39 Å². The van der Waals surface area contributed by atoms with Crippen LogP contribution in [0.25, 0.3) is 0 Å². The van der Waals surface area contributed by atoms with Gasteiger partial charge in [-0.05, 0) is 48.9 Å². The van der Waals surface area contributed by atoms with Crippen LogP contribution in [0.2, 0.25) is 0 Å². The van der Waals surface area contributed by atoms with Gasteiger partial charge in [-0.3, -0.25) is 4.79 Å². The lowest BCUT2D eigenvalue weighted by molar-refractivity contribution is -0.131. The summed E-state index contributed by atoms with van der Waals surface area (Å²) in [6, 6.07) is 17.1. The number of benzene rings is 2. The minimum absolute atomic E-state index is 0.203. The number of aryl methyl sites for hydroxylation is 1. The molecule has 1 saturated heterocycles. The molecular formula is C22H26FNO. The zero-order valence-electron chi connectivity index (χ0n) is 14.7. The number of carbonyl (C=O) groups excluding carboxylic acids is 1. The van der Waals surface area contributed by atoms with Crippen molar-refractivity contribution in [3.63, 3.8) is 0 Å². The molecule has 2 nitrogen and oxygen atoms in total. The van der Waals surface area contributed by atoms with E-state index in [0.29, 0.717) is 12.3 Å². The quantitative estimate of drug-likeness (QED) is 0.755. The number of rotatable bonds is 5. The van der Waals surface area contributed by atoms with Crippen molar-refractivity contribution in [2.45, 2.75) is 44.4 Å². The monoisotopic (exact) mass is 339 g/mol. The van der Waals surface area contributed by atoms with E-state index in [2.05, 4.69) is 12.1 Å². The summed E-state index contributed by atoms with van der Waals surface area (Å²) in [5, 5.41) is 0. The van der Waals surface area contributed by atoms with Crippen molar-refractivity contribution in [2.75, 3.05) is 13.1 Å². The number of hydrogen-bond donors (Lipinski definition) is 0. The van der Waals surface area contributed by atoms with Crippen LogP contribution < -0.4 is 0 Å². The van der Waals surface area contributed by atoms with Crippen molar-refractivity contribution in [3.8, 4) is 0 Å². The lowest BCUT2D eigenvalue weighted by atomic mass is 9.94. The van der Waals surface area contributed by atoms with E-state index in [1.165, 1.54) is 17.7 Å². The minimum Gasteiger partial charge on any atom is -0.342 e. The van der Waals surface area contributed by atoms with Crippen molar-refractivity contribution < 1.29 is 9.18 Å². The van der Waals surface area contributed by atoms with E-state index in [0.717, 1.165) is 50.8 Å². The molecule has 0 bridgehead atoms. The number of carbonyl (C=O) groups is 1. The van der Waals surface area contributed by atoms with Crippen LogP contribution in [-0.2, 0) is 11.2 Å². The highest BCUT2D eigenvalue weighted by molar-refractivity contribution is 5.76. The van der Waals surface area contributed by atoms with E-state index in [-0.39, 0.29) is 11.7 Å². The summed E-state index contributed by atoms with van der Waals surface area (Å²) < 4.78 is 13.2. The molecule has 25 heavy (non-hydrogen) atoms. The van der Waals surface area contributed by atoms with Crippen molar-refractivity contribution in [1.29, 1.82) is 0 Å². The molecule has 0 N–H and O–H groups in total. The topological polar surface area (TPSA) is 20.3 Å². The Balaban J connectivity index is 1.54. The van der Waals surface area contributed by atoms with Gasteiger partial charge in [-0.25, -0.2) is 4.39 Å². The Labute approximate surface area is 149 Å². The van der Waals surface area contributed by atoms with Crippen LogP contribution in [-0.4, -0.2) is 23.9 Å². The zero-order chi connectivity index (χ0) is 17.5. The molecule has 0 radical (unpaired) electrons. The summed E-state index contributed by atoms with van der Waals surface area (Å²) in [4.78, 5) is 14.7. The molecule has 2 aromatic carbocycles. The lowest BCUT2D eigenvalue weighted by Crippen LogP contribution is -2.34. The van der Waals surface area contributed by atoms with Gasteiger partial charge in [0, 0.05) is 25.4 Å². The van der Waals surface area contributed by atoms with Crippen LogP contribution in [0.5, 0.6) is 0 Å². The van der Waals surface area contributed by atoms with E-state index in [1.54, 1.807) is 0 Å². The third kappa shape index (κ3) is 5.15. The lowest BCUT2D eigenvalue weighted by Gasteiger charge is -2.25. The maximum absolute atomic E-state index is 13.2. The molecule has 0 spiro atoms. The van der Waals surface area contributed by atoms with Gasteiger partial charge in [0.2, 0.25) is 5.91 Å². The zero-order valence-corrected chi connectivity index (χ0v) is 14.7. The van der Waals surface area contributed by atoms with E-state index in [1.807, 2.05) is 35.2 Å². The Kier molecular flexibility index (Phi) is 6.21. The molecule has 1 amide bonds. The molecule has 3 rings (SSSR count). The second-order valence-electron chi connectivity index (χ2n) is 6.92. The van der Waals surface area contributed by atoms with Gasteiger partial charge in [-0.2, -0.15) is 0 Å². The van der Waals surface area contributed by atoms with Crippen LogP contribution in [0, 0.1) is 5.82 Å². The van der Waals surface area contributed by atoms with Crippen LogP contribution in [0.1, 0.15) is 49.1 Å². The van der Waals surface area contributed by atoms with Crippen molar-refractivity contribution >= 4 is 5.91 Å². The van der Waals surface area contributed by atoms with Crippen molar-refractivity contribution in [3.05, 3.63) is 71.5 Å². The molecular weight excluding hydrogens is 313 g/mol. The van der Waals surface area contributed by atoms with Gasteiger partial charge in [0.15, 0.2) is 0 Å². The van der Waals surface area contributed by atoms with Crippen molar-refractivity contribution in [1.82, 2.24) is 4.90 Å². The number of nitrogens with zero attached hydrogens (tertiary/aromatic N) is 1. The Hall–Kier alpha value is -2.16. The third-order valence-electron chi connectivity index (χ3n) is 5.06. The number of halogens is 1. The second-order valence-corrected chi connectivity index (χ2v) is 6.92. The summed E-state index contributed by atoms with van der Waals surface area (Å²) in [5.41, 5.74) is 2.43. The van der Waals surface area contributed by atoms with Gasteiger partial charge < -0.3 is 4.90 Å². The Bertz CT molecular complexity index is 668. The number of likely N-dealkylation sites (tertiary alicyclic amines) is 1. The molecule has 3 heteroatoms. The fraction of sp³-hybridized carbons (Fsp3) is 0.409. The highest BCUT2D eigenvalue weighted by Crippen LogP contribution is 2.27. The van der Waals surface area contributed by atoms with Gasteiger partial charge in [-0.1, -0.05) is 48.9 Å². The largest absolute Gasteiger partial charge is 0.342 e. The standard InChI is InChI=1S/C22H26FNO/c23-21-14-12-19(13-15-21)20-10-4-5-16-24(17-20)22(25)11-6-9-18-7-2-1-3-8-18/h1-3,7-8,12-15,20H,4-6,9-11,16-17H2/t20-/m1/s1. The first-order chi connectivity index (χ1) is 12.2. The average molecular weight is 339 g/mol. The summed E-state index contributed by atoms with van der Waals surface area (Å²) >= 11 is 0. The van der Waals surface area contributed by atoms with Gasteiger partial charge in [0.1, 0.15) is 5.82 Å². The fourth-order valence-corrected chi connectivity index (χ4v) is 3.62. The van der Waals surface area contributed by atoms with Gasteiger partial charge >= 0.3 is 0 Å². The first kappa shape index (κ1) is 17.7. The Morgan fingerprint density at radius 1 is 1.04 bits per heavy atom. The normalized spacial score (nSPS) is 18.0. The Morgan fingerprint density at radius 3 is 2.56 bits per heavy atom. The summed E-state index contributed by atoms with van der Waals surface area (Å²) in [6.07, 6.45) is 5.69. The van der Waals surface area contributed by atoms with E-state index < -0.39 is 0 Å². The fourth-order valence-electron chi connectivity index (χ4n) is 3.62. The van der Waals surface area contributed by atoms with E-state index in [4.69, 9.17) is 0 Å². The average Bonchev–Trinajstić information content (AvgIpc) is 2.89. The molecule has 0 unspecified atom stereocenters. The maximum atomic E-state index is 13.2. The molecule has 1 aliphatic heterocycles. The summed E-state index contributed by atoms with van der Waals surface area (Å²) in [7, 11) is 0. The predicted molar refractivity (Wildman–Crippen MR) is 99.0 cm³/mol. The van der Waals surface area contributed by atoms with Crippen LogP contribution in [0.3, 0.4) is 0 Å². The molecule has 0 aliphatic carbocycles. The highest BCUT2D eigenvalue weighted by atomic mass is 19.1. The molecule has 1 heterocycles. The SMILES string of the molecule is O=C(CCCc1ccccc1)N1CCCC[C@@H](c2ccc(F)cc2)C1. The predicted octanol–water partition coefficient (Wildman–Crippen LogP) is 4.94. The molecule has 0 saturated carbocycles. The maximum Gasteiger partial charge on any atom is 0.222 e. The van der Waals surface area contributed by atoms with Crippen molar-refractivity contribution in [2.24, 2.45) is 0 Å². The van der Waals surface area contributed by atoms with E-state index in [9.17, 15) is 9.18 Å².